The van der Waals surface area contributed by atoms with Crippen molar-refractivity contribution < 1.29 is 5.11 Å². The van der Waals surface area contributed by atoms with Gasteiger partial charge in [-0.15, -0.1) is 0 Å². The molecule has 1 aromatic rings. The zero-order chi connectivity index (χ0) is 12.3. The number of benzene rings is 1. The van der Waals surface area contributed by atoms with Gasteiger partial charge in [0.2, 0.25) is 0 Å². The first-order chi connectivity index (χ1) is 8.22. The van der Waals surface area contributed by atoms with E-state index >= 15 is 0 Å². The van der Waals surface area contributed by atoms with Gasteiger partial charge in [-0.1, -0.05) is 51.0 Å². The van der Waals surface area contributed by atoms with Crippen molar-refractivity contribution in [2.75, 3.05) is 0 Å². The molecule has 1 aromatic carbocycles. The van der Waals surface area contributed by atoms with E-state index in [0.29, 0.717) is 11.8 Å². The molecule has 0 saturated carbocycles. The number of hydrogen-bond donors (Lipinski definition) is 1. The predicted molar refractivity (Wildman–Crippen MR) is 72.2 cm³/mol. The topological polar surface area (TPSA) is 20.2 Å². The van der Waals surface area contributed by atoms with Gasteiger partial charge in [0.05, 0.1) is 6.10 Å². The van der Waals surface area contributed by atoms with Crippen LogP contribution in [0.5, 0.6) is 0 Å². The normalized spacial score (nSPS) is 21.5. The first-order valence-electron chi connectivity index (χ1n) is 6.98. The molecule has 0 heterocycles. The second kappa shape index (κ2) is 5.68. The van der Waals surface area contributed by atoms with Crippen molar-refractivity contribution in [1.29, 1.82) is 0 Å². The van der Waals surface area contributed by atoms with Crippen LogP contribution in [0.2, 0.25) is 0 Å². The molecular formula is C16H24O. The number of hydrogen-bond acceptors (Lipinski definition) is 1. The highest BCUT2D eigenvalue weighted by Crippen LogP contribution is 2.39. The van der Waals surface area contributed by atoms with E-state index in [1.807, 2.05) is 0 Å². The zero-order valence-corrected chi connectivity index (χ0v) is 11.0. The standard InChI is InChI=1S/C16H24O/c1-3-4-7-12(2)16(17)11-14-10-13-8-5-6-9-15(13)14/h5-6,8-9,12,14,16-17H,3-4,7,10-11H2,1-2H3. The predicted octanol–water partition coefficient (Wildman–Crippen LogP) is 3.90. The molecule has 1 aliphatic rings. The number of rotatable bonds is 6. The molecule has 0 radical (unpaired) electrons. The van der Waals surface area contributed by atoms with Crippen LogP contribution < -0.4 is 0 Å². The van der Waals surface area contributed by atoms with Crippen LogP contribution in [-0.4, -0.2) is 11.2 Å². The Morgan fingerprint density at radius 1 is 1.35 bits per heavy atom. The van der Waals surface area contributed by atoms with Gasteiger partial charge in [0.25, 0.3) is 0 Å². The molecule has 2 rings (SSSR count). The number of aliphatic hydroxyl groups excluding tert-OH is 1. The lowest BCUT2D eigenvalue weighted by Crippen LogP contribution is -2.26. The molecule has 94 valence electrons. The fraction of sp³-hybridized carbons (Fsp3) is 0.625. The quantitative estimate of drug-likeness (QED) is 0.788. The fourth-order valence-electron chi connectivity index (χ4n) is 2.82. The van der Waals surface area contributed by atoms with E-state index in [9.17, 15) is 5.11 Å². The van der Waals surface area contributed by atoms with Crippen molar-refractivity contribution in [2.45, 2.75) is 58.0 Å². The third-order valence-electron chi connectivity index (χ3n) is 4.16. The first kappa shape index (κ1) is 12.6. The van der Waals surface area contributed by atoms with Crippen molar-refractivity contribution >= 4 is 0 Å². The first-order valence-corrected chi connectivity index (χ1v) is 6.98. The molecule has 0 spiro atoms. The Morgan fingerprint density at radius 3 is 2.82 bits per heavy atom. The Kier molecular flexibility index (Phi) is 4.22. The van der Waals surface area contributed by atoms with Gasteiger partial charge in [0, 0.05) is 0 Å². The Labute approximate surface area is 105 Å². The highest BCUT2D eigenvalue weighted by Gasteiger charge is 2.28. The molecule has 0 saturated heterocycles. The molecule has 1 N–H and O–H groups in total. The van der Waals surface area contributed by atoms with Crippen LogP contribution in [0, 0.1) is 5.92 Å². The third kappa shape index (κ3) is 2.90. The van der Waals surface area contributed by atoms with Crippen LogP contribution >= 0.6 is 0 Å². The van der Waals surface area contributed by atoms with Gasteiger partial charge in [-0.2, -0.15) is 0 Å². The van der Waals surface area contributed by atoms with E-state index in [0.717, 1.165) is 19.3 Å². The lowest BCUT2D eigenvalue weighted by atomic mass is 9.73. The van der Waals surface area contributed by atoms with Crippen LogP contribution in [0.4, 0.5) is 0 Å². The minimum atomic E-state index is -0.125. The molecule has 0 aliphatic heterocycles. The Balaban J connectivity index is 1.83. The number of aliphatic hydroxyl groups is 1. The SMILES string of the molecule is CCCCC(C)C(O)CC1Cc2ccccc21. The second-order valence-electron chi connectivity index (χ2n) is 5.52. The summed E-state index contributed by atoms with van der Waals surface area (Å²) < 4.78 is 0. The Bertz CT molecular complexity index is 358. The molecule has 0 bridgehead atoms. The van der Waals surface area contributed by atoms with Crippen LogP contribution in [0.3, 0.4) is 0 Å². The summed E-state index contributed by atoms with van der Waals surface area (Å²) in [5, 5.41) is 10.2. The largest absolute Gasteiger partial charge is 0.393 e. The van der Waals surface area contributed by atoms with E-state index in [-0.39, 0.29) is 6.10 Å². The van der Waals surface area contributed by atoms with Crippen molar-refractivity contribution in [3.05, 3.63) is 35.4 Å². The molecule has 0 fully saturated rings. The van der Waals surface area contributed by atoms with Crippen LogP contribution in [0.15, 0.2) is 24.3 Å². The molecule has 17 heavy (non-hydrogen) atoms. The number of fused-ring (bicyclic) bond motifs is 1. The van der Waals surface area contributed by atoms with Gasteiger partial charge < -0.3 is 5.11 Å². The fourth-order valence-corrected chi connectivity index (χ4v) is 2.82. The number of unbranched alkanes of at least 4 members (excludes halogenated alkanes) is 1. The van der Waals surface area contributed by atoms with E-state index in [2.05, 4.69) is 38.1 Å². The maximum atomic E-state index is 10.2. The van der Waals surface area contributed by atoms with Gasteiger partial charge in [0.1, 0.15) is 0 Å². The summed E-state index contributed by atoms with van der Waals surface area (Å²) in [6.45, 7) is 4.40. The summed E-state index contributed by atoms with van der Waals surface area (Å²) >= 11 is 0. The molecule has 3 unspecified atom stereocenters. The Morgan fingerprint density at radius 2 is 2.12 bits per heavy atom. The summed E-state index contributed by atoms with van der Waals surface area (Å²) in [6, 6.07) is 8.64. The molecule has 0 aromatic heterocycles. The molecule has 1 aliphatic carbocycles. The molecule has 3 atom stereocenters. The van der Waals surface area contributed by atoms with Crippen molar-refractivity contribution in [1.82, 2.24) is 0 Å². The maximum absolute atomic E-state index is 10.2. The van der Waals surface area contributed by atoms with E-state index in [1.165, 1.54) is 24.0 Å². The van der Waals surface area contributed by atoms with Crippen molar-refractivity contribution in [2.24, 2.45) is 5.92 Å². The van der Waals surface area contributed by atoms with Crippen LogP contribution in [0.1, 0.15) is 56.6 Å². The lowest BCUT2D eigenvalue weighted by Gasteiger charge is -2.33. The van der Waals surface area contributed by atoms with Crippen LogP contribution in [-0.2, 0) is 6.42 Å². The maximum Gasteiger partial charge on any atom is 0.0571 e. The van der Waals surface area contributed by atoms with Gasteiger partial charge >= 0.3 is 0 Å². The van der Waals surface area contributed by atoms with Gasteiger partial charge in [0.15, 0.2) is 0 Å². The molecule has 1 nitrogen and oxygen atoms in total. The van der Waals surface area contributed by atoms with Crippen LogP contribution in [0.25, 0.3) is 0 Å². The summed E-state index contributed by atoms with van der Waals surface area (Å²) in [7, 11) is 0. The Hall–Kier alpha value is -0.820. The molecular weight excluding hydrogens is 208 g/mol. The average molecular weight is 232 g/mol. The molecule has 1 heteroatoms. The summed E-state index contributed by atoms with van der Waals surface area (Å²) in [6.07, 6.45) is 5.60. The van der Waals surface area contributed by atoms with Crippen molar-refractivity contribution in [3.63, 3.8) is 0 Å². The second-order valence-corrected chi connectivity index (χ2v) is 5.52. The molecule has 0 amide bonds. The lowest BCUT2D eigenvalue weighted by molar-refractivity contribution is 0.0916. The minimum Gasteiger partial charge on any atom is -0.393 e. The van der Waals surface area contributed by atoms with Gasteiger partial charge in [-0.3, -0.25) is 0 Å². The van der Waals surface area contributed by atoms with E-state index < -0.39 is 0 Å². The zero-order valence-electron chi connectivity index (χ0n) is 11.0. The third-order valence-corrected chi connectivity index (χ3v) is 4.16. The highest BCUT2D eigenvalue weighted by molar-refractivity contribution is 5.39. The monoisotopic (exact) mass is 232 g/mol. The highest BCUT2D eigenvalue weighted by atomic mass is 16.3. The minimum absolute atomic E-state index is 0.125. The summed E-state index contributed by atoms with van der Waals surface area (Å²) in [5.41, 5.74) is 2.94. The smallest absolute Gasteiger partial charge is 0.0571 e. The summed E-state index contributed by atoms with van der Waals surface area (Å²) in [5.74, 6) is 1.05. The summed E-state index contributed by atoms with van der Waals surface area (Å²) in [4.78, 5) is 0. The van der Waals surface area contributed by atoms with Gasteiger partial charge in [-0.25, -0.2) is 0 Å². The van der Waals surface area contributed by atoms with E-state index in [1.54, 1.807) is 0 Å². The van der Waals surface area contributed by atoms with Gasteiger partial charge in [-0.05, 0) is 42.2 Å². The average Bonchev–Trinajstić information content (AvgIpc) is 2.32. The van der Waals surface area contributed by atoms with E-state index in [4.69, 9.17) is 0 Å². The van der Waals surface area contributed by atoms with Crippen molar-refractivity contribution in [3.8, 4) is 0 Å².